The summed E-state index contributed by atoms with van der Waals surface area (Å²) < 4.78 is 7.88. The van der Waals surface area contributed by atoms with Crippen molar-refractivity contribution in [2.45, 2.75) is 12.8 Å². The van der Waals surface area contributed by atoms with E-state index < -0.39 is 0 Å². The number of hydrogen-bond donors (Lipinski definition) is 2. The number of carbonyl (C=O) groups excluding carboxylic acids is 1. The van der Waals surface area contributed by atoms with Crippen LogP contribution in [0.4, 0.5) is 5.69 Å². The van der Waals surface area contributed by atoms with Crippen molar-refractivity contribution in [3.05, 3.63) is 53.2 Å². The number of ether oxygens (including phenoxy) is 1. The minimum absolute atomic E-state index is 0.252. The van der Waals surface area contributed by atoms with Crippen LogP contribution in [-0.4, -0.2) is 37.7 Å². The van der Waals surface area contributed by atoms with Crippen LogP contribution in [0.5, 0.6) is 5.75 Å². The maximum absolute atomic E-state index is 13.1. The van der Waals surface area contributed by atoms with E-state index in [0.717, 1.165) is 16.7 Å². The molecule has 0 spiro atoms. The van der Waals surface area contributed by atoms with E-state index in [1.165, 1.54) is 12.8 Å². The van der Waals surface area contributed by atoms with Gasteiger partial charge in [-0.3, -0.25) is 4.79 Å². The average molecular weight is 423 g/mol. The Hall–Kier alpha value is -3.39. The molecule has 0 aliphatic heterocycles. The molecule has 1 saturated carbocycles. The molecule has 1 aliphatic carbocycles. The molecule has 5 rings (SSSR count). The first-order valence-electron chi connectivity index (χ1n) is 9.66. The number of tetrazole rings is 1. The number of carbonyl (C=O) groups is 1. The van der Waals surface area contributed by atoms with Gasteiger partial charge in [0, 0.05) is 23.0 Å². The first-order chi connectivity index (χ1) is 14.6. The largest absolute Gasteiger partial charge is 0.491 e. The normalized spacial score (nSPS) is 13.5. The van der Waals surface area contributed by atoms with Crippen LogP contribution in [0.2, 0.25) is 5.02 Å². The summed E-state index contributed by atoms with van der Waals surface area (Å²) >= 11 is 6.13. The summed E-state index contributed by atoms with van der Waals surface area (Å²) in [6, 6.07) is 12.9. The molecule has 1 amide bonds. The van der Waals surface area contributed by atoms with E-state index in [4.69, 9.17) is 16.3 Å². The van der Waals surface area contributed by atoms with E-state index in [1.807, 2.05) is 35.9 Å². The molecule has 9 heteroatoms. The number of halogens is 1. The summed E-state index contributed by atoms with van der Waals surface area (Å²) in [5.41, 5.74) is 2.58. The highest BCUT2D eigenvalue weighted by atomic mass is 35.5. The quantitative estimate of drug-likeness (QED) is 0.488. The fourth-order valence-electron chi connectivity index (χ4n) is 3.49. The molecular weight excluding hydrogens is 404 g/mol. The molecule has 1 aliphatic rings. The summed E-state index contributed by atoms with van der Waals surface area (Å²) in [6.45, 7) is 0.713. The molecule has 1 fully saturated rings. The molecule has 0 bridgehead atoms. The molecule has 0 radical (unpaired) electrons. The summed E-state index contributed by atoms with van der Waals surface area (Å²) in [6.07, 6.45) is 2.45. The van der Waals surface area contributed by atoms with E-state index in [1.54, 1.807) is 18.2 Å². The highest BCUT2D eigenvalue weighted by molar-refractivity contribution is 6.31. The lowest BCUT2D eigenvalue weighted by molar-refractivity contribution is 0.102. The van der Waals surface area contributed by atoms with Gasteiger partial charge >= 0.3 is 0 Å². The number of benzene rings is 2. The number of hydrogen-bond acceptors (Lipinski definition) is 5. The molecule has 152 valence electrons. The molecule has 2 aromatic heterocycles. The number of amides is 1. The summed E-state index contributed by atoms with van der Waals surface area (Å²) in [4.78, 5) is 13.1. The Bertz CT molecular complexity index is 1230. The topological polar surface area (TPSA) is 97.7 Å². The van der Waals surface area contributed by atoms with Crippen LogP contribution in [0.1, 0.15) is 23.3 Å². The molecule has 4 aromatic rings. The van der Waals surface area contributed by atoms with Gasteiger partial charge in [-0.15, -0.1) is 5.10 Å². The molecule has 0 atom stereocenters. The van der Waals surface area contributed by atoms with E-state index in [2.05, 4.69) is 25.9 Å². The van der Waals surface area contributed by atoms with Crippen LogP contribution in [0.3, 0.4) is 0 Å². The van der Waals surface area contributed by atoms with Crippen molar-refractivity contribution in [3.63, 3.8) is 0 Å². The first-order valence-corrected chi connectivity index (χ1v) is 10.0. The van der Waals surface area contributed by atoms with Crippen molar-refractivity contribution in [2.75, 3.05) is 11.9 Å². The van der Waals surface area contributed by atoms with Gasteiger partial charge in [0.25, 0.3) is 5.91 Å². The van der Waals surface area contributed by atoms with Crippen molar-refractivity contribution in [3.8, 4) is 17.1 Å². The van der Waals surface area contributed by atoms with Crippen LogP contribution in [0.25, 0.3) is 22.3 Å². The molecule has 8 nitrogen and oxygen atoms in total. The lowest BCUT2D eigenvalue weighted by Crippen LogP contribution is -2.16. The third-order valence-corrected chi connectivity index (χ3v) is 5.49. The number of para-hydroxylation sites is 1. The highest BCUT2D eigenvalue weighted by Gasteiger charge is 2.23. The van der Waals surface area contributed by atoms with Gasteiger partial charge in [0.2, 0.25) is 0 Å². The van der Waals surface area contributed by atoms with Crippen molar-refractivity contribution >= 4 is 34.1 Å². The smallest absolute Gasteiger partial charge is 0.272 e. The number of aryl methyl sites for hydroxylation is 1. The zero-order chi connectivity index (χ0) is 20.7. The van der Waals surface area contributed by atoms with E-state index >= 15 is 0 Å². The van der Waals surface area contributed by atoms with Crippen LogP contribution in [0, 0.1) is 5.92 Å². The first kappa shape index (κ1) is 18.6. The second-order valence-electron chi connectivity index (χ2n) is 7.43. The Balaban J connectivity index is 1.47. The van der Waals surface area contributed by atoms with Crippen LogP contribution in [0.15, 0.2) is 42.5 Å². The number of aromatic amines is 1. The SMILES string of the molecule is Cn1c(C(=O)Nc2ccc(Cl)cc2-c2nnn[nH]2)cc2cccc(OCC3CC3)c21. The van der Waals surface area contributed by atoms with Gasteiger partial charge in [-0.1, -0.05) is 23.7 Å². The number of rotatable bonds is 6. The van der Waals surface area contributed by atoms with Gasteiger partial charge in [0.15, 0.2) is 5.82 Å². The third kappa shape index (κ3) is 3.50. The van der Waals surface area contributed by atoms with Gasteiger partial charge < -0.3 is 14.6 Å². The molecule has 2 heterocycles. The monoisotopic (exact) mass is 422 g/mol. The Labute approximate surface area is 177 Å². The number of anilines is 1. The van der Waals surface area contributed by atoms with Crippen molar-refractivity contribution in [2.24, 2.45) is 13.0 Å². The Kier molecular flexibility index (Phi) is 4.63. The fraction of sp³-hybridized carbons (Fsp3) is 0.238. The lowest BCUT2D eigenvalue weighted by atomic mass is 10.1. The predicted molar refractivity (Wildman–Crippen MR) is 114 cm³/mol. The second-order valence-corrected chi connectivity index (χ2v) is 7.87. The predicted octanol–water partition coefficient (Wildman–Crippen LogP) is 4.05. The number of H-pyrrole nitrogens is 1. The van der Waals surface area contributed by atoms with Crippen molar-refractivity contribution in [1.82, 2.24) is 25.2 Å². The molecule has 30 heavy (non-hydrogen) atoms. The standard InChI is InChI=1S/C21H19ClN6O2/c1-28-17(9-13-3-2-4-18(19(13)28)30-11-12-5-6-12)21(29)23-16-8-7-14(22)10-15(16)20-24-26-27-25-20/h2-4,7-10,12H,5-6,11H2,1H3,(H,23,29)(H,24,25,26,27). The zero-order valence-electron chi connectivity index (χ0n) is 16.2. The van der Waals surface area contributed by atoms with E-state index in [0.29, 0.717) is 40.3 Å². The molecule has 0 saturated heterocycles. The Morgan fingerprint density at radius 2 is 2.17 bits per heavy atom. The summed E-state index contributed by atoms with van der Waals surface area (Å²) in [5, 5.41) is 18.2. The highest BCUT2D eigenvalue weighted by Crippen LogP contribution is 2.33. The number of nitrogens with zero attached hydrogens (tertiary/aromatic N) is 4. The second kappa shape index (κ2) is 7.46. The summed E-state index contributed by atoms with van der Waals surface area (Å²) in [7, 11) is 1.87. The van der Waals surface area contributed by atoms with Gasteiger partial charge in [-0.2, -0.15) is 0 Å². The Morgan fingerprint density at radius 1 is 1.30 bits per heavy atom. The van der Waals surface area contributed by atoms with Gasteiger partial charge in [-0.25, -0.2) is 5.10 Å². The van der Waals surface area contributed by atoms with Crippen LogP contribution in [-0.2, 0) is 7.05 Å². The van der Waals surface area contributed by atoms with Gasteiger partial charge in [0.1, 0.15) is 11.4 Å². The Morgan fingerprint density at radius 3 is 2.93 bits per heavy atom. The van der Waals surface area contributed by atoms with E-state index in [-0.39, 0.29) is 5.91 Å². The minimum atomic E-state index is -0.252. The molecule has 2 N–H and O–H groups in total. The molecule has 0 unspecified atom stereocenters. The minimum Gasteiger partial charge on any atom is -0.491 e. The number of nitrogens with one attached hydrogen (secondary N) is 2. The fourth-order valence-corrected chi connectivity index (χ4v) is 3.66. The van der Waals surface area contributed by atoms with Gasteiger partial charge in [0.05, 0.1) is 17.8 Å². The molecule has 2 aromatic carbocycles. The van der Waals surface area contributed by atoms with Crippen LogP contribution < -0.4 is 10.1 Å². The van der Waals surface area contributed by atoms with Crippen molar-refractivity contribution in [1.29, 1.82) is 0 Å². The van der Waals surface area contributed by atoms with Gasteiger partial charge in [-0.05, 0) is 59.5 Å². The zero-order valence-corrected chi connectivity index (χ0v) is 17.0. The number of fused-ring (bicyclic) bond motifs is 1. The van der Waals surface area contributed by atoms with Crippen molar-refractivity contribution < 1.29 is 9.53 Å². The summed E-state index contributed by atoms with van der Waals surface area (Å²) in [5.74, 6) is 1.61. The average Bonchev–Trinajstić information content (AvgIpc) is 3.28. The third-order valence-electron chi connectivity index (χ3n) is 5.25. The van der Waals surface area contributed by atoms with E-state index in [9.17, 15) is 4.79 Å². The maximum Gasteiger partial charge on any atom is 0.272 e. The lowest BCUT2D eigenvalue weighted by Gasteiger charge is -2.11. The number of aromatic nitrogens is 5. The van der Waals surface area contributed by atoms with Crippen LogP contribution >= 0.6 is 11.6 Å². The maximum atomic E-state index is 13.1. The molecular formula is C21H19ClN6O2.